The zero-order valence-corrected chi connectivity index (χ0v) is 16.1. The molecule has 1 fully saturated rings. The molecule has 1 saturated heterocycles. The van der Waals surface area contributed by atoms with E-state index in [9.17, 15) is 14.0 Å². The molecule has 1 aromatic heterocycles. The molecule has 7 heteroatoms. The quantitative estimate of drug-likeness (QED) is 0.767. The molecule has 0 bridgehead atoms. The number of amides is 2. The second-order valence-electron chi connectivity index (χ2n) is 6.87. The number of halogens is 1. The van der Waals surface area contributed by atoms with Gasteiger partial charge in [0.1, 0.15) is 5.82 Å². The fraction of sp³-hybridized carbons (Fsp3) is 0.381. The van der Waals surface area contributed by atoms with Gasteiger partial charge in [0, 0.05) is 65.0 Å². The fourth-order valence-electron chi connectivity index (χ4n) is 3.35. The molecule has 0 N–H and O–H groups in total. The van der Waals surface area contributed by atoms with Gasteiger partial charge in [-0.2, -0.15) is 0 Å². The highest BCUT2D eigenvalue weighted by atomic mass is 19.1. The molecule has 2 aromatic rings. The molecule has 28 heavy (non-hydrogen) atoms. The van der Waals surface area contributed by atoms with Crippen LogP contribution in [0.4, 0.5) is 10.1 Å². The van der Waals surface area contributed by atoms with E-state index in [1.54, 1.807) is 34.3 Å². The van der Waals surface area contributed by atoms with Gasteiger partial charge in [0.25, 0.3) is 0 Å². The Kier molecular flexibility index (Phi) is 6.57. The summed E-state index contributed by atoms with van der Waals surface area (Å²) >= 11 is 0. The zero-order valence-electron chi connectivity index (χ0n) is 16.1. The summed E-state index contributed by atoms with van der Waals surface area (Å²) in [5.74, 6) is -0.290. The van der Waals surface area contributed by atoms with Crippen molar-refractivity contribution in [3.8, 4) is 0 Å². The summed E-state index contributed by atoms with van der Waals surface area (Å²) in [5, 5.41) is 0. The van der Waals surface area contributed by atoms with Crippen LogP contribution < -0.4 is 4.90 Å². The SMILES string of the molecule is CC(=O)N(CCC(=O)N1CCN(c2ccccc2F)CC1)Cc1cccnc1. The zero-order chi connectivity index (χ0) is 19.9. The third-order valence-corrected chi connectivity index (χ3v) is 4.96. The summed E-state index contributed by atoms with van der Waals surface area (Å²) in [7, 11) is 0. The minimum atomic E-state index is -0.241. The van der Waals surface area contributed by atoms with Crippen LogP contribution in [-0.2, 0) is 16.1 Å². The lowest BCUT2D eigenvalue weighted by Gasteiger charge is -2.36. The average molecular weight is 384 g/mol. The molecule has 0 saturated carbocycles. The van der Waals surface area contributed by atoms with Gasteiger partial charge in [0.2, 0.25) is 11.8 Å². The largest absolute Gasteiger partial charge is 0.366 e. The van der Waals surface area contributed by atoms with Gasteiger partial charge in [0.05, 0.1) is 5.69 Å². The van der Waals surface area contributed by atoms with Crippen LogP contribution >= 0.6 is 0 Å². The summed E-state index contributed by atoms with van der Waals surface area (Å²) in [6.45, 7) is 4.62. The van der Waals surface area contributed by atoms with Crippen LogP contribution in [0, 0.1) is 5.82 Å². The van der Waals surface area contributed by atoms with Gasteiger partial charge in [-0.05, 0) is 23.8 Å². The second-order valence-corrected chi connectivity index (χ2v) is 6.87. The molecule has 6 nitrogen and oxygen atoms in total. The minimum absolute atomic E-state index is 0.0191. The molecule has 2 amide bonds. The molecule has 0 aliphatic carbocycles. The van der Waals surface area contributed by atoms with Gasteiger partial charge < -0.3 is 14.7 Å². The van der Waals surface area contributed by atoms with Gasteiger partial charge in [-0.25, -0.2) is 4.39 Å². The first-order valence-corrected chi connectivity index (χ1v) is 9.46. The standard InChI is InChI=1S/C21H25FN4O2/c1-17(27)26(16-18-5-4-9-23-15-18)10-8-21(28)25-13-11-24(12-14-25)20-7-3-2-6-19(20)22/h2-7,9,15H,8,10-14,16H2,1H3. The van der Waals surface area contributed by atoms with Crippen molar-refractivity contribution in [1.29, 1.82) is 0 Å². The first-order chi connectivity index (χ1) is 13.5. The number of carbonyl (C=O) groups is 2. The maximum atomic E-state index is 13.9. The molecule has 1 aliphatic heterocycles. The lowest BCUT2D eigenvalue weighted by atomic mass is 10.2. The monoisotopic (exact) mass is 384 g/mol. The third-order valence-electron chi connectivity index (χ3n) is 4.96. The van der Waals surface area contributed by atoms with Crippen LogP contribution in [-0.4, -0.2) is 59.3 Å². The highest BCUT2D eigenvalue weighted by Gasteiger charge is 2.23. The van der Waals surface area contributed by atoms with E-state index < -0.39 is 0 Å². The van der Waals surface area contributed by atoms with Crippen molar-refractivity contribution in [3.63, 3.8) is 0 Å². The number of anilines is 1. The number of hydrogen-bond donors (Lipinski definition) is 0. The summed E-state index contributed by atoms with van der Waals surface area (Å²) in [5.41, 5.74) is 1.51. The Morgan fingerprint density at radius 1 is 1.11 bits per heavy atom. The number of para-hydroxylation sites is 1. The predicted molar refractivity (Wildman–Crippen MR) is 105 cm³/mol. The van der Waals surface area contributed by atoms with E-state index in [0.29, 0.717) is 45.0 Å². The number of benzene rings is 1. The Labute approximate surface area is 164 Å². The number of nitrogens with zero attached hydrogens (tertiary/aromatic N) is 4. The maximum Gasteiger partial charge on any atom is 0.224 e. The van der Waals surface area contributed by atoms with Crippen LogP contribution in [0.25, 0.3) is 0 Å². The number of carbonyl (C=O) groups excluding carboxylic acids is 2. The number of hydrogen-bond acceptors (Lipinski definition) is 4. The van der Waals surface area contributed by atoms with Gasteiger partial charge in [0.15, 0.2) is 0 Å². The fourth-order valence-corrected chi connectivity index (χ4v) is 3.35. The van der Waals surface area contributed by atoms with E-state index in [0.717, 1.165) is 5.56 Å². The van der Waals surface area contributed by atoms with Crippen LogP contribution in [0.1, 0.15) is 18.9 Å². The van der Waals surface area contributed by atoms with E-state index >= 15 is 0 Å². The summed E-state index contributed by atoms with van der Waals surface area (Å²) in [6.07, 6.45) is 3.69. The molecule has 0 atom stereocenters. The van der Waals surface area contributed by atoms with E-state index in [4.69, 9.17) is 0 Å². The number of aromatic nitrogens is 1. The van der Waals surface area contributed by atoms with Crippen LogP contribution in [0.3, 0.4) is 0 Å². The molecule has 1 aliphatic rings. The average Bonchev–Trinajstić information content (AvgIpc) is 2.72. The molecule has 1 aromatic carbocycles. The van der Waals surface area contributed by atoms with E-state index in [1.807, 2.05) is 23.1 Å². The molecule has 2 heterocycles. The first-order valence-electron chi connectivity index (χ1n) is 9.46. The summed E-state index contributed by atoms with van der Waals surface area (Å²) < 4.78 is 13.9. The van der Waals surface area contributed by atoms with Crippen molar-refractivity contribution in [2.45, 2.75) is 19.9 Å². The van der Waals surface area contributed by atoms with Gasteiger partial charge >= 0.3 is 0 Å². The van der Waals surface area contributed by atoms with Crippen molar-refractivity contribution < 1.29 is 14.0 Å². The van der Waals surface area contributed by atoms with Crippen LogP contribution in [0.5, 0.6) is 0 Å². The van der Waals surface area contributed by atoms with Crippen molar-refractivity contribution >= 4 is 17.5 Å². The van der Waals surface area contributed by atoms with Crippen molar-refractivity contribution in [2.75, 3.05) is 37.6 Å². The normalized spacial score (nSPS) is 14.1. The number of rotatable bonds is 6. The molecule has 0 unspecified atom stereocenters. The Balaban J connectivity index is 1.49. The maximum absolute atomic E-state index is 13.9. The number of pyridine rings is 1. The van der Waals surface area contributed by atoms with Gasteiger partial charge in [-0.15, -0.1) is 0 Å². The third kappa shape index (κ3) is 5.06. The lowest BCUT2D eigenvalue weighted by molar-refractivity contribution is -0.134. The molecule has 0 spiro atoms. The minimum Gasteiger partial charge on any atom is -0.366 e. The van der Waals surface area contributed by atoms with Crippen LogP contribution in [0.2, 0.25) is 0 Å². The lowest BCUT2D eigenvalue weighted by Crippen LogP contribution is -2.49. The molecule has 148 valence electrons. The molecular weight excluding hydrogens is 359 g/mol. The van der Waals surface area contributed by atoms with Gasteiger partial charge in [-0.3, -0.25) is 14.6 Å². The highest BCUT2D eigenvalue weighted by molar-refractivity contribution is 5.78. The topological polar surface area (TPSA) is 56.8 Å². The highest BCUT2D eigenvalue weighted by Crippen LogP contribution is 2.20. The van der Waals surface area contributed by atoms with Crippen molar-refractivity contribution in [1.82, 2.24) is 14.8 Å². The predicted octanol–water partition coefficient (Wildman–Crippen LogP) is 2.31. The smallest absolute Gasteiger partial charge is 0.224 e. The van der Waals surface area contributed by atoms with Crippen LogP contribution in [0.15, 0.2) is 48.8 Å². The molecule has 3 rings (SSSR count). The first kappa shape index (κ1) is 19.8. The molecular formula is C21H25FN4O2. The van der Waals surface area contributed by atoms with Crippen molar-refractivity contribution in [3.05, 3.63) is 60.2 Å². The number of piperazine rings is 1. The summed E-state index contributed by atoms with van der Waals surface area (Å²) in [6, 6.07) is 10.4. The Bertz CT molecular complexity index is 807. The second kappa shape index (κ2) is 9.30. The van der Waals surface area contributed by atoms with Crippen molar-refractivity contribution in [2.24, 2.45) is 0 Å². The Morgan fingerprint density at radius 3 is 2.50 bits per heavy atom. The van der Waals surface area contributed by atoms with E-state index in [1.165, 1.54) is 13.0 Å². The van der Waals surface area contributed by atoms with Gasteiger partial charge in [-0.1, -0.05) is 18.2 Å². The van der Waals surface area contributed by atoms with E-state index in [2.05, 4.69) is 4.98 Å². The Hall–Kier alpha value is -2.96. The Morgan fingerprint density at radius 2 is 1.86 bits per heavy atom. The molecule has 0 radical (unpaired) electrons. The summed E-state index contributed by atoms with van der Waals surface area (Å²) in [4.78, 5) is 33.9. The van der Waals surface area contributed by atoms with E-state index in [-0.39, 0.29) is 24.1 Å².